The summed E-state index contributed by atoms with van der Waals surface area (Å²) in [6, 6.07) is 16.5. The van der Waals surface area contributed by atoms with Gasteiger partial charge in [0.2, 0.25) is 0 Å². The molecule has 8 saturated carbocycles. The van der Waals surface area contributed by atoms with Crippen LogP contribution in [-0.2, 0) is 25.2 Å². The molecule has 6 unspecified atom stereocenters. The lowest BCUT2D eigenvalue weighted by Gasteiger charge is -2.65. The van der Waals surface area contributed by atoms with E-state index >= 15 is 4.79 Å². The third-order valence-corrected chi connectivity index (χ3v) is 13.7. The van der Waals surface area contributed by atoms with Crippen molar-refractivity contribution in [3.05, 3.63) is 59.7 Å². The standard InChI is InChI=1S/C43H54O5/c1-40(2,3)38(45)47-33-11-7-9-31(19-33)42-21-25-13-26(22-42)16-29(15-25)35(42)37(44)36-30-17-27-14-28(18-30)24-43(36,23-27)32-10-8-12-34(20-32)48-39(46)41(4,5)6/h7-12,19-20,25-30,35-36H,13-18,21-24H2,1-6H3. The highest BCUT2D eigenvalue weighted by Crippen LogP contribution is 2.69. The van der Waals surface area contributed by atoms with Crippen molar-refractivity contribution >= 4 is 17.7 Å². The minimum absolute atomic E-state index is 0.0137. The van der Waals surface area contributed by atoms with Crippen LogP contribution >= 0.6 is 0 Å². The predicted octanol–water partition coefficient (Wildman–Crippen LogP) is 9.25. The molecule has 0 saturated heterocycles. The van der Waals surface area contributed by atoms with E-state index in [2.05, 4.69) is 24.3 Å². The smallest absolute Gasteiger partial charge is 0.316 e. The minimum Gasteiger partial charge on any atom is -0.426 e. The molecule has 6 atom stereocenters. The number of carbonyl (C=O) groups is 3. The topological polar surface area (TPSA) is 69.7 Å². The lowest BCUT2D eigenvalue weighted by molar-refractivity contribution is -0.159. The maximum Gasteiger partial charge on any atom is 0.316 e. The summed E-state index contributed by atoms with van der Waals surface area (Å²) in [6.45, 7) is 11.3. The van der Waals surface area contributed by atoms with Gasteiger partial charge in [-0.2, -0.15) is 0 Å². The van der Waals surface area contributed by atoms with Gasteiger partial charge in [-0.1, -0.05) is 24.3 Å². The van der Waals surface area contributed by atoms with Crippen LogP contribution in [0.3, 0.4) is 0 Å². The van der Waals surface area contributed by atoms with E-state index in [0.717, 1.165) is 25.7 Å². The Bertz CT molecular complexity index is 1490. The third kappa shape index (κ3) is 5.19. The van der Waals surface area contributed by atoms with Gasteiger partial charge in [0.25, 0.3) is 0 Å². The van der Waals surface area contributed by atoms with Crippen molar-refractivity contribution in [3.63, 3.8) is 0 Å². The Morgan fingerprint density at radius 3 is 1.25 bits per heavy atom. The number of carbonyl (C=O) groups excluding carboxylic acids is 3. The Morgan fingerprint density at radius 1 is 0.562 bits per heavy atom. The van der Waals surface area contributed by atoms with Gasteiger partial charge in [-0.25, -0.2) is 0 Å². The molecule has 2 aromatic rings. The Hall–Kier alpha value is -2.95. The van der Waals surface area contributed by atoms with Crippen molar-refractivity contribution in [1.82, 2.24) is 0 Å². The molecular formula is C43H54O5. The van der Waals surface area contributed by atoms with E-state index in [1.807, 2.05) is 65.8 Å². The molecule has 10 rings (SSSR count). The summed E-state index contributed by atoms with van der Waals surface area (Å²) < 4.78 is 11.9. The summed E-state index contributed by atoms with van der Waals surface area (Å²) in [5, 5.41) is 0. The highest BCUT2D eigenvalue weighted by Gasteiger charge is 2.66. The number of hydrogen-bond donors (Lipinski definition) is 0. The Morgan fingerprint density at radius 2 is 0.917 bits per heavy atom. The van der Waals surface area contributed by atoms with E-state index in [1.54, 1.807) is 0 Å². The zero-order valence-electron chi connectivity index (χ0n) is 29.8. The number of ether oxygens (including phenoxy) is 2. The lowest BCUT2D eigenvalue weighted by Crippen LogP contribution is -2.64. The predicted molar refractivity (Wildman–Crippen MR) is 186 cm³/mol. The van der Waals surface area contributed by atoms with Gasteiger partial charge in [0, 0.05) is 22.7 Å². The molecule has 5 heteroatoms. The molecule has 48 heavy (non-hydrogen) atoms. The lowest BCUT2D eigenvalue weighted by atomic mass is 9.38. The van der Waals surface area contributed by atoms with E-state index in [4.69, 9.17) is 9.47 Å². The van der Waals surface area contributed by atoms with Gasteiger partial charge >= 0.3 is 11.9 Å². The monoisotopic (exact) mass is 650 g/mol. The highest BCUT2D eigenvalue weighted by atomic mass is 16.5. The molecule has 256 valence electrons. The summed E-state index contributed by atoms with van der Waals surface area (Å²) in [6.07, 6.45) is 11.5. The third-order valence-electron chi connectivity index (χ3n) is 13.7. The van der Waals surface area contributed by atoms with Crippen LogP contribution in [0.5, 0.6) is 11.5 Å². The molecule has 5 nitrogen and oxygen atoms in total. The molecule has 0 amide bonds. The summed E-state index contributed by atoms with van der Waals surface area (Å²) in [4.78, 5) is 41.6. The van der Waals surface area contributed by atoms with E-state index in [-0.39, 0.29) is 34.6 Å². The van der Waals surface area contributed by atoms with Crippen molar-refractivity contribution in [2.24, 2.45) is 58.2 Å². The first-order valence-electron chi connectivity index (χ1n) is 18.8. The van der Waals surface area contributed by atoms with Gasteiger partial charge in [0.15, 0.2) is 0 Å². The Kier molecular flexibility index (Phi) is 7.41. The number of ketones is 1. The molecule has 8 aliphatic rings. The molecule has 0 aromatic heterocycles. The van der Waals surface area contributed by atoms with Crippen LogP contribution in [0.4, 0.5) is 0 Å². The largest absolute Gasteiger partial charge is 0.426 e. The number of Topliss-reactive ketones (excluding diaryl/α,β-unsaturated/α-hetero) is 1. The van der Waals surface area contributed by atoms with Gasteiger partial charge in [-0.3, -0.25) is 14.4 Å². The van der Waals surface area contributed by atoms with Crippen LogP contribution in [-0.4, -0.2) is 17.7 Å². The van der Waals surface area contributed by atoms with E-state index in [0.29, 0.717) is 52.8 Å². The maximum atomic E-state index is 15.8. The quantitative estimate of drug-likeness (QED) is 0.230. The van der Waals surface area contributed by atoms with E-state index < -0.39 is 10.8 Å². The molecule has 8 aliphatic carbocycles. The molecule has 2 aromatic carbocycles. The summed E-state index contributed by atoms with van der Waals surface area (Å²) >= 11 is 0. The summed E-state index contributed by atoms with van der Waals surface area (Å²) in [7, 11) is 0. The zero-order valence-corrected chi connectivity index (χ0v) is 29.8. The van der Waals surface area contributed by atoms with Crippen molar-refractivity contribution in [3.8, 4) is 11.5 Å². The van der Waals surface area contributed by atoms with Crippen LogP contribution in [0.1, 0.15) is 117 Å². The molecule has 0 N–H and O–H groups in total. The first-order valence-corrected chi connectivity index (χ1v) is 18.8. The summed E-state index contributed by atoms with van der Waals surface area (Å²) in [5.74, 6) is 4.69. The average molecular weight is 651 g/mol. The van der Waals surface area contributed by atoms with E-state index in [9.17, 15) is 9.59 Å². The fourth-order valence-electron chi connectivity index (χ4n) is 12.4. The second-order valence-electron chi connectivity index (χ2n) is 19.2. The minimum atomic E-state index is -0.592. The molecule has 8 fully saturated rings. The Balaban J connectivity index is 1.19. The molecule has 0 aliphatic heterocycles. The van der Waals surface area contributed by atoms with Gasteiger partial charge in [0.05, 0.1) is 10.8 Å². The normalized spacial score (nSPS) is 37.8. The molecule has 0 spiro atoms. The van der Waals surface area contributed by atoms with Crippen LogP contribution in [0.15, 0.2) is 48.5 Å². The van der Waals surface area contributed by atoms with Crippen LogP contribution in [0.2, 0.25) is 0 Å². The SMILES string of the molecule is CC(C)(C)C(=O)Oc1cccc(C23CC4CC(CC(C4)C2C(=O)C2C4CC5CC(C4)CC2(c2cccc(OC(=O)C(C)(C)C)c2)C5)C3)c1. The summed E-state index contributed by atoms with van der Waals surface area (Å²) in [5.41, 5.74) is 0.795. The maximum absolute atomic E-state index is 15.8. The van der Waals surface area contributed by atoms with Crippen LogP contribution in [0.25, 0.3) is 0 Å². The van der Waals surface area contributed by atoms with Gasteiger partial charge < -0.3 is 9.47 Å². The first-order chi connectivity index (χ1) is 22.6. The molecule has 0 radical (unpaired) electrons. The van der Waals surface area contributed by atoms with Crippen LogP contribution in [0, 0.1) is 58.2 Å². The van der Waals surface area contributed by atoms with Crippen molar-refractivity contribution in [2.75, 3.05) is 0 Å². The average Bonchev–Trinajstić information content (AvgIpc) is 2.99. The van der Waals surface area contributed by atoms with Crippen molar-refractivity contribution in [1.29, 1.82) is 0 Å². The zero-order chi connectivity index (χ0) is 33.8. The molecule has 8 bridgehead atoms. The second-order valence-corrected chi connectivity index (χ2v) is 19.2. The van der Waals surface area contributed by atoms with Gasteiger partial charge in [-0.05, 0) is 177 Å². The first kappa shape index (κ1) is 32.3. The fourth-order valence-corrected chi connectivity index (χ4v) is 12.4. The number of rotatable bonds is 6. The van der Waals surface area contributed by atoms with Crippen molar-refractivity contribution < 1.29 is 23.9 Å². The number of hydrogen-bond acceptors (Lipinski definition) is 5. The van der Waals surface area contributed by atoms with Gasteiger partial charge in [0.1, 0.15) is 17.3 Å². The molecule has 0 heterocycles. The second kappa shape index (κ2) is 11.0. The molecular weight excluding hydrogens is 596 g/mol. The van der Waals surface area contributed by atoms with E-state index in [1.165, 1.54) is 49.7 Å². The fraction of sp³-hybridized carbons (Fsp3) is 0.651. The van der Waals surface area contributed by atoms with Crippen molar-refractivity contribution in [2.45, 2.75) is 117 Å². The number of benzene rings is 2. The Labute approximate surface area is 286 Å². The number of esters is 2. The van der Waals surface area contributed by atoms with Crippen LogP contribution < -0.4 is 9.47 Å². The van der Waals surface area contributed by atoms with Gasteiger partial charge in [-0.15, -0.1) is 0 Å². The highest BCUT2D eigenvalue weighted by molar-refractivity contribution is 5.88.